The molecule has 30 heavy (non-hydrogen) atoms. The highest BCUT2D eigenvalue weighted by atomic mass is 32.2. The van der Waals surface area contributed by atoms with Gasteiger partial charge in [0.05, 0.1) is 11.1 Å². The summed E-state index contributed by atoms with van der Waals surface area (Å²) in [7, 11) is -3.33. The summed E-state index contributed by atoms with van der Waals surface area (Å²) in [6, 6.07) is 6.98. The Balaban J connectivity index is 1.61. The lowest BCUT2D eigenvalue weighted by Crippen LogP contribution is -2.49. The fraction of sp³-hybridized carbons (Fsp3) is 0.500. The molecule has 1 aliphatic heterocycles. The molecule has 1 aromatic carbocycles. The van der Waals surface area contributed by atoms with Crippen molar-refractivity contribution in [2.24, 2.45) is 5.92 Å². The Kier molecular flexibility index (Phi) is 5.90. The van der Waals surface area contributed by atoms with Gasteiger partial charge in [0, 0.05) is 43.0 Å². The monoisotopic (exact) mass is 434 g/mol. The molecule has 10 heteroatoms. The molecule has 3 unspecified atom stereocenters. The van der Waals surface area contributed by atoms with Crippen LogP contribution in [0.15, 0.2) is 35.4 Å². The number of hydrogen-bond donors (Lipinski definition) is 3. The summed E-state index contributed by atoms with van der Waals surface area (Å²) in [5, 5.41) is 3.01. The van der Waals surface area contributed by atoms with E-state index in [9.17, 15) is 12.8 Å². The first kappa shape index (κ1) is 21.0. The maximum absolute atomic E-state index is 14.8. The van der Waals surface area contributed by atoms with Crippen molar-refractivity contribution in [1.82, 2.24) is 20.8 Å². The number of nitrogens with zero attached hydrogens (tertiary/aromatic N) is 3. The van der Waals surface area contributed by atoms with Crippen LogP contribution in [0.5, 0.6) is 0 Å². The normalized spacial score (nSPS) is 23.8. The molecule has 1 aliphatic carbocycles. The summed E-state index contributed by atoms with van der Waals surface area (Å²) >= 11 is 0. The molecular weight excluding hydrogens is 407 g/mol. The van der Waals surface area contributed by atoms with Crippen LogP contribution in [-0.2, 0) is 9.84 Å². The van der Waals surface area contributed by atoms with E-state index in [0.29, 0.717) is 24.2 Å². The van der Waals surface area contributed by atoms with Crippen LogP contribution in [0, 0.1) is 11.7 Å². The summed E-state index contributed by atoms with van der Waals surface area (Å²) in [4.78, 5) is 10.7. The molecule has 2 fully saturated rings. The predicted octanol–water partition coefficient (Wildman–Crippen LogP) is 2.23. The zero-order chi connectivity index (χ0) is 21.3. The number of aromatic nitrogens is 2. The van der Waals surface area contributed by atoms with Gasteiger partial charge in [-0.2, -0.15) is 4.98 Å². The third-order valence-electron chi connectivity index (χ3n) is 5.91. The molecule has 8 nitrogen and oxygen atoms in total. The summed E-state index contributed by atoms with van der Waals surface area (Å²) < 4.78 is 38.4. The van der Waals surface area contributed by atoms with Crippen molar-refractivity contribution >= 4 is 27.3 Å². The second-order valence-electron chi connectivity index (χ2n) is 7.87. The van der Waals surface area contributed by atoms with Gasteiger partial charge in [0.1, 0.15) is 0 Å². The Morgan fingerprint density at radius 1 is 1.33 bits per heavy atom. The van der Waals surface area contributed by atoms with E-state index < -0.39 is 15.7 Å². The van der Waals surface area contributed by atoms with E-state index in [-0.39, 0.29) is 22.7 Å². The fourth-order valence-corrected chi connectivity index (χ4v) is 5.16. The van der Waals surface area contributed by atoms with Gasteiger partial charge in [0.15, 0.2) is 21.5 Å². The Morgan fingerprint density at radius 3 is 2.93 bits per heavy atom. The Bertz CT molecular complexity index is 1020. The first-order chi connectivity index (χ1) is 14.4. The average molecular weight is 435 g/mol. The lowest BCUT2D eigenvalue weighted by atomic mass is 9.81. The number of halogens is 1. The van der Waals surface area contributed by atoms with Crippen molar-refractivity contribution in [3.05, 3.63) is 36.3 Å². The molecule has 1 saturated heterocycles. The number of rotatable bonds is 6. The molecule has 0 amide bonds. The third-order valence-corrected chi connectivity index (χ3v) is 7.02. The highest BCUT2D eigenvalue weighted by Gasteiger charge is 2.40. The highest BCUT2D eigenvalue weighted by molar-refractivity contribution is 7.90. The van der Waals surface area contributed by atoms with Crippen molar-refractivity contribution in [3.63, 3.8) is 0 Å². The number of hydrazine groups is 1. The number of fused-ring (bicyclic) bond motifs is 1. The molecule has 0 spiro atoms. The van der Waals surface area contributed by atoms with E-state index in [4.69, 9.17) is 0 Å². The molecule has 3 atom stereocenters. The van der Waals surface area contributed by atoms with Gasteiger partial charge in [-0.25, -0.2) is 17.8 Å². The van der Waals surface area contributed by atoms with Crippen molar-refractivity contribution in [3.8, 4) is 0 Å². The quantitative estimate of drug-likeness (QED) is 0.637. The summed E-state index contributed by atoms with van der Waals surface area (Å²) in [5.74, 6) is 0.418. The minimum absolute atomic E-state index is 0.182. The topological polar surface area (TPSA) is 99.2 Å². The molecule has 162 valence electrons. The van der Waals surface area contributed by atoms with Crippen LogP contribution in [-0.4, -0.2) is 49.8 Å². The van der Waals surface area contributed by atoms with Crippen LogP contribution < -0.4 is 21.1 Å². The molecule has 2 heterocycles. The lowest BCUT2D eigenvalue weighted by molar-refractivity contribution is 0.278. The standard InChI is InChI=1S/C20H27FN6O2S/c1-3-27(18-9-5-8-17-15(18)11-23-26-17)19-16(21)12-22-20(25-19)24-13-6-4-7-14(10-13)30(2,28)29/h4,6-7,10,12,15,17-18,23,26H,3,5,8-9,11H2,1-2H3,(H,22,24,25). The SMILES string of the molecule is CCN(c1nc(Nc2cccc(S(C)(=O)=O)c2)ncc1F)C1CCCC2NNCC21. The van der Waals surface area contributed by atoms with Crippen molar-refractivity contribution in [1.29, 1.82) is 0 Å². The van der Waals surface area contributed by atoms with Crippen LogP contribution in [0.1, 0.15) is 26.2 Å². The Morgan fingerprint density at radius 2 is 2.17 bits per heavy atom. The first-order valence-electron chi connectivity index (χ1n) is 10.2. The maximum Gasteiger partial charge on any atom is 0.229 e. The zero-order valence-electron chi connectivity index (χ0n) is 17.1. The van der Waals surface area contributed by atoms with Gasteiger partial charge in [-0.3, -0.25) is 10.9 Å². The number of nitrogens with one attached hydrogen (secondary N) is 3. The first-order valence-corrected chi connectivity index (χ1v) is 12.1. The van der Waals surface area contributed by atoms with Gasteiger partial charge in [0.25, 0.3) is 0 Å². The molecule has 1 saturated carbocycles. The van der Waals surface area contributed by atoms with Gasteiger partial charge in [-0.15, -0.1) is 0 Å². The second-order valence-corrected chi connectivity index (χ2v) is 9.89. The molecular formula is C20H27FN6O2S. The second kappa shape index (κ2) is 8.44. The van der Waals surface area contributed by atoms with Crippen molar-refractivity contribution < 1.29 is 12.8 Å². The Labute approximate surface area is 176 Å². The molecule has 1 aromatic heterocycles. The number of sulfone groups is 1. The van der Waals surface area contributed by atoms with Crippen LogP contribution >= 0.6 is 0 Å². The predicted molar refractivity (Wildman–Crippen MR) is 114 cm³/mol. The lowest BCUT2D eigenvalue weighted by Gasteiger charge is -2.40. The summed E-state index contributed by atoms with van der Waals surface area (Å²) in [6.45, 7) is 3.48. The third kappa shape index (κ3) is 4.26. The molecule has 0 bridgehead atoms. The number of anilines is 3. The van der Waals surface area contributed by atoms with Crippen LogP contribution in [0.3, 0.4) is 0 Å². The van der Waals surface area contributed by atoms with Gasteiger partial charge in [0.2, 0.25) is 5.95 Å². The maximum atomic E-state index is 14.8. The van der Waals surface area contributed by atoms with Gasteiger partial charge in [-0.05, 0) is 44.4 Å². The van der Waals surface area contributed by atoms with Crippen molar-refractivity contribution in [2.45, 2.75) is 43.2 Å². The summed E-state index contributed by atoms with van der Waals surface area (Å²) in [6.07, 6.45) is 5.50. The van der Waals surface area contributed by atoms with Crippen LogP contribution in [0.2, 0.25) is 0 Å². The number of hydrogen-bond acceptors (Lipinski definition) is 8. The minimum Gasteiger partial charge on any atom is -0.351 e. The molecule has 0 radical (unpaired) electrons. The van der Waals surface area contributed by atoms with Gasteiger partial charge >= 0.3 is 0 Å². The van der Waals surface area contributed by atoms with E-state index in [1.165, 1.54) is 18.3 Å². The largest absolute Gasteiger partial charge is 0.351 e. The van der Waals surface area contributed by atoms with E-state index in [0.717, 1.165) is 32.1 Å². The van der Waals surface area contributed by atoms with Gasteiger partial charge < -0.3 is 10.2 Å². The summed E-state index contributed by atoms with van der Waals surface area (Å²) in [5.41, 5.74) is 7.09. The van der Waals surface area contributed by atoms with E-state index in [1.54, 1.807) is 12.1 Å². The van der Waals surface area contributed by atoms with Crippen LogP contribution in [0.4, 0.5) is 21.8 Å². The van der Waals surface area contributed by atoms with Crippen molar-refractivity contribution in [2.75, 3.05) is 29.6 Å². The van der Waals surface area contributed by atoms with Crippen LogP contribution in [0.25, 0.3) is 0 Å². The number of benzene rings is 1. The minimum atomic E-state index is -3.33. The van der Waals surface area contributed by atoms with E-state index >= 15 is 0 Å². The van der Waals surface area contributed by atoms with Gasteiger partial charge in [-0.1, -0.05) is 6.07 Å². The highest BCUT2D eigenvalue weighted by Crippen LogP contribution is 2.34. The molecule has 3 N–H and O–H groups in total. The Hall–Kier alpha value is -2.30. The smallest absolute Gasteiger partial charge is 0.229 e. The average Bonchev–Trinajstić information content (AvgIpc) is 3.20. The fourth-order valence-electron chi connectivity index (χ4n) is 4.49. The zero-order valence-corrected chi connectivity index (χ0v) is 17.9. The molecule has 4 rings (SSSR count). The molecule has 2 aliphatic rings. The van der Waals surface area contributed by atoms with E-state index in [2.05, 4.69) is 26.1 Å². The van der Waals surface area contributed by atoms with E-state index in [1.807, 2.05) is 11.8 Å². The molecule has 2 aromatic rings.